The van der Waals surface area contributed by atoms with Gasteiger partial charge in [-0.25, -0.2) is 0 Å². The van der Waals surface area contributed by atoms with Gasteiger partial charge in [-0.05, 0) is 12.1 Å². The van der Waals surface area contributed by atoms with Gasteiger partial charge in [0.2, 0.25) is 0 Å². The van der Waals surface area contributed by atoms with Gasteiger partial charge in [0.1, 0.15) is 0 Å². The summed E-state index contributed by atoms with van der Waals surface area (Å²) in [5, 5.41) is 1.22. The molecule has 0 unspecified atom stereocenters. The summed E-state index contributed by atoms with van der Waals surface area (Å²) in [6.45, 7) is 0.432. The predicted octanol–water partition coefficient (Wildman–Crippen LogP) is 2.23. The van der Waals surface area contributed by atoms with Crippen LogP contribution in [0.25, 0.3) is 10.9 Å². The first kappa shape index (κ1) is 9.54. The fourth-order valence-electron chi connectivity index (χ4n) is 1.63. The molecule has 0 N–H and O–H groups in total. The van der Waals surface area contributed by atoms with Gasteiger partial charge in [0, 0.05) is 24.2 Å². The number of benzene rings is 1. The second-order valence-electron chi connectivity index (χ2n) is 3.36. The van der Waals surface area contributed by atoms with Crippen LogP contribution >= 0.6 is 0 Å². The topological polar surface area (TPSA) is 17.3 Å². The van der Waals surface area contributed by atoms with Crippen LogP contribution in [-0.2, 0) is 7.05 Å². The molecular formula is C13H12N2. The third-order valence-corrected chi connectivity index (χ3v) is 2.39. The van der Waals surface area contributed by atoms with E-state index in [0.29, 0.717) is 6.54 Å². The molecule has 2 rings (SSSR count). The highest BCUT2D eigenvalue weighted by molar-refractivity contribution is 5.90. The molecule has 1 aromatic carbocycles. The Labute approximate surface area is 89.3 Å². The summed E-state index contributed by atoms with van der Waals surface area (Å²) in [7, 11) is 2.03. The molecule has 15 heavy (non-hydrogen) atoms. The smallest absolute Gasteiger partial charge is 0.0995 e. The van der Waals surface area contributed by atoms with Crippen LogP contribution in [0.15, 0.2) is 35.3 Å². The van der Waals surface area contributed by atoms with E-state index >= 15 is 0 Å². The second kappa shape index (κ2) is 4.02. The zero-order valence-corrected chi connectivity index (χ0v) is 8.64. The van der Waals surface area contributed by atoms with E-state index in [1.807, 2.05) is 25.4 Å². The summed E-state index contributed by atoms with van der Waals surface area (Å²) in [6.07, 6.45) is 6.95. The monoisotopic (exact) mass is 196 g/mol. The normalized spacial score (nSPS) is 10.9. The van der Waals surface area contributed by atoms with Crippen LogP contribution < -0.4 is 0 Å². The molecule has 0 fully saturated rings. The summed E-state index contributed by atoms with van der Waals surface area (Å²) in [5.41, 5.74) is 2.28. The largest absolute Gasteiger partial charge is 0.343 e. The van der Waals surface area contributed by atoms with Crippen molar-refractivity contribution in [3.63, 3.8) is 0 Å². The van der Waals surface area contributed by atoms with Crippen molar-refractivity contribution in [1.82, 2.24) is 4.57 Å². The highest BCUT2D eigenvalue weighted by Crippen LogP contribution is 2.16. The summed E-state index contributed by atoms with van der Waals surface area (Å²) < 4.78 is 2.11. The second-order valence-corrected chi connectivity index (χ2v) is 3.36. The molecule has 2 aromatic rings. The Morgan fingerprint density at radius 3 is 3.00 bits per heavy atom. The minimum absolute atomic E-state index is 0.432. The Morgan fingerprint density at radius 1 is 1.47 bits per heavy atom. The van der Waals surface area contributed by atoms with Crippen LogP contribution in [0.5, 0.6) is 0 Å². The molecule has 0 amide bonds. The van der Waals surface area contributed by atoms with Crippen molar-refractivity contribution >= 4 is 17.1 Å². The van der Waals surface area contributed by atoms with Gasteiger partial charge in [0.25, 0.3) is 0 Å². The zero-order chi connectivity index (χ0) is 10.7. The molecule has 2 heteroatoms. The summed E-state index contributed by atoms with van der Waals surface area (Å²) >= 11 is 0. The van der Waals surface area contributed by atoms with Crippen molar-refractivity contribution in [1.29, 1.82) is 0 Å². The number of hydrogen-bond donors (Lipinski definition) is 0. The van der Waals surface area contributed by atoms with Gasteiger partial charge in [0.15, 0.2) is 0 Å². The summed E-state index contributed by atoms with van der Waals surface area (Å²) in [4.78, 5) is 4.13. The van der Waals surface area contributed by atoms with Gasteiger partial charge in [-0.15, -0.1) is 6.42 Å². The Morgan fingerprint density at radius 2 is 2.27 bits per heavy atom. The lowest BCUT2D eigenvalue weighted by Crippen LogP contribution is -1.94. The molecule has 0 aliphatic carbocycles. The fourth-order valence-corrected chi connectivity index (χ4v) is 1.63. The van der Waals surface area contributed by atoms with Crippen molar-refractivity contribution in [3.05, 3.63) is 36.0 Å². The molecule has 0 atom stereocenters. The average Bonchev–Trinajstić information content (AvgIpc) is 2.57. The van der Waals surface area contributed by atoms with Crippen LogP contribution in [0, 0.1) is 12.3 Å². The first-order chi connectivity index (χ1) is 7.33. The van der Waals surface area contributed by atoms with Crippen molar-refractivity contribution in [2.75, 3.05) is 6.54 Å². The quantitative estimate of drug-likeness (QED) is 0.517. The zero-order valence-electron chi connectivity index (χ0n) is 8.64. The van der Waals surface area contributed by atoms with Crippen molar-refractivity contribution < 1.29 is 0 Å². The Balaban J connectivity index is 2.45. The Bertz CT molecular complexity index is 541. The number of terminal acetylenes is 1. The molecule has 1 aromatic heterocycles. The number of fused-ring (bicyclic) bond motifs is 1. The lowest BCUT2D eigenvalue weighted by atomic mass is 10.2. The van der Waals surface area contributed by atoms with Gasteiger partial charge in [-0.1, -0.05) is 24.1 Å². The van der Waals surface area contributed by atoms with Gasteiger partial charge >= 0.3 is 0 Å². The van der Waals surface area contributed by atoms with Crippen LogP contribution in [-0.4, -0.2) is 17.3 Å². The molecule has 0 spiro atoms. The van der Waals surface area contributed by atoms with Crippen LogP contribution in [0.4, 0.5) is 0 Å². The first-order valence-electron chi connectivity index (χ1n) is 4.80. The third kappa shape index (κ3) is 1.77. The maximum atomic E-state index is 5.14. The highest BCUT2D eigenvalue weighted by atomic mass is 15.0. The maximum Gasteiger partial charge on any atom is 0.0995 e. The van der Waals surface area contributed by atoms with Crippen molar-refractivity contribution in [3.8, 4) is 12.3 Å². The van der Waals surface area contributed by atoms with Crippen LogP contribution in [0.1, 0.15) is 5.69 Å². The average molecular weight is 196 g/mol. The van der Waals surface area contributed by atoms with Crippen molar-refractivity contribution in [2.24, 2.45) is 12.0 Å². The van der Waals surface area contributed by atoms with E-state index in [2.05, 4.69) is 33.7 Å². The van der Waals surface area contributed by atoms with E-state index in [1.165, 1.54) is 10.9 Å². The van der Waals surface area contributed by atoms with E-state index < -0.39 is 0 Å². The Kier molecular flexibility index (Phi) is 2.55. The molecular weight excluding hydrogens is 184 g/mol. The van der Waals surface area contributed by atoms with Crippen LogP contribution in [0.3, 0.4) is 0 Å². The fraction of sp³-hybridized carbons (Fsp3) is 0.154. The molecule has 0 aliphatic rings. The van der Waals surface area contributed by atoms with E-state index in [1.54, 1.807) is 0 Å². The third-order valence-electron chi connectivity index (χ3n) is 2.39. The molecule has 0 bridgehead atoms. The molecule has 0 saturated carbocycles. The van der Waals surface area contributed by atoms with Gasteiger partial charge in [-0.3, -0.25) is 4.99 Å². The van der Waals surface area contributed by atoms with Gasteiger partial charge in [-0.2, -0.15) is 0 Å². The number of para-hydroxylation sites is 1. The van der Waals surface area contributed by atoms with E-state index in [9.17, 15) is 0 Å². The van der Waals surface area contributed by atoms with Gasteiger partial charge in [0.05, 0.1) is 12.2 Å². The Hall–Kier alpha value is -2.01. The van der Waals surface area contributed by atoms with Crippen molar-refractivity contribution in [2.45, 2.75) is 0 Å². The summed E-state index contributed by atoms with van der Waals surface area (Å²) in [5.74, 6) is 2.48. The molecule has 0 saturated heterocycles. The minimum atomic E-state index is 0.432. The van der Waals surface area contributed by atoms with Gasteiger partial charge < -0.3 is 4.57 Å². The van der Waals surface area contributed by atoms with E-state index in [4.69, 9.17) is 6.42 Å². The number of aliphatic imine (C=N–C) groups is 1. The van der Waals surface area contributed by atoms with E-state index in [0.717, 1.165) is 5.69 Å². The number of hydrogen-bond acceptors (Lipinski definition) is 1. The molecule has 74 valence electrons. The standard InChI is InChI=1S/C13H12N2/c1-3-8-14-10-12-9-11-6-4-5-7-13(11)15(12)2/h1,4-7,9-10H,8H2,2H3. The lowest BCUT2D eigenvalue weighted by Gasteiger charge is -1.97. The highest BCUT2D eigenvalue weighted by Gasteiger charge is 2.01. The van der Waals surface area contributed by atoms with Crippen LogP contribution in [0.2, 0.25) is 0 Å². The number of aryl methyl sites for hydroxylation is 1. The molecule has 1 heterocycles. The summed E-state index contributed by atoms with van der Waals surface area (Å²) in [6, 6.07) is 10.4. The molecule has 0 aliphatic heterocycles. The lowest BCUT2D eigenvalue weighted by molar-refractivity contribution is 0.957. The van der Waals surface area contributed by atoms with E-state index in [-0.39, 0.29) is 0 Å². The number of nitrogens with zero attached hydrogens (tertiary/aromatic N) is 2. The molecule has 2 nitrogen and oxygen atoms in total. The SMILES string of the molecule is C#CCN=Cc1cc2ccccc2n1C. The predicted molar refractivity (Wildman–Crippen MR) is 64.2 cm³/mol. The first-order valence-corrected chi connectivity index (χ1v) is 4.80. The molecule has 0 radical (unpaired) electrons. The number of aromatic nitrogens is 1. The maximum absolute atomic E-state index is 5.14. The minimum Gasteiger partial charge on any atom is -0.343 e. The number of rotatable bonds is 2.